The molecule has 1 unspecified atom stereocenters. The number of hydrogen-bond acceptors (Lipinski definition) is 5. The molecule has 3 N–H and O–H groups in total. The standard InChI is InChI=1S/C11H25NO4/c1-2-3-4-5-6-16-8-11(15)7-12(9-13)10-14/h11,13-15H,2-10H2,1H3. The van der Waals surface area contributed by atoms with Crippen LogP contribution < -0.4 is 0 Å². The molecule has 5 heteroatoms. The lowest BCUT2D eigenvalue weighted by atomic mass is 10.2. The van der Waals surface area contributed by atoms with Gasteiger partial charge in [-0.3, -0.25) is 4.90 Å². The number of ether oxygens (including phenoxy) is 1. The quantitative estimate of drug-likeness (QED) is 0.351. The molecule has 0 saturated carbocycles. The Morgan fingerprint density at radius 2 is 1.81 bits per heavy atom. The fourth-order valence-corrected chi connectivity index (χ4v) is 1.36. The fourth-order valence-electron chi connectivity index (χ4n) is 1.36. The Bertz CT molecular complexity index is 142. The Kier molecular flexibility index (Phi) is 11.1. The van der Waals surface area contributed by atoms with E-state index in [1.54, 1.807) is 0 Å². The summed E-state index contributed by atoms with van der Waals surface area (Å²) in [5, 5.41) is 27.0. The summed E-state index contributed by atoms with van der Waals surface area (Å²) in [6.07, 6.45) is 3.93. The molecule has 0 aromatic carbocycles. The highest BCUT2D eigenvalue weighted by Gasteiger charge is 2.09. The summed E-state index contributed by atoms with van der Waals surface area (Å²) in [6.45, 7) is 2.77. The highest BCUT2D eigenvalue weighted by molar-refractivity contribution is 4.58. The molecule has 0 heterocycles. The van der Waals surface area contributed by atoms with Crippen LogP contribution in [-0.2, 0) is 4.74 Å². The number of hydrogen-bond donors (Lipinski definition) is 3. The third-order valence-corrected chi connectivity index (χ3v) is 2.32. The van der Waals surface area contributed by atoms with E-state index in [0.717, 1.165) is 12.8 Å². The van der Waals surface area contributed by atoms with Gasteiger partial charge in [0.25, 0.3) is 0 Å². The van der Waals surface area contributed by atoms with Crippen LogP contribution in [-0.4, -0.2) is 59.5 Å². The van der Waals surface area contributed by atoms with Crippen molar-refractivity contribution in [2.24, 2.45) is 0 Å². The Hall–Kier alpha value is -0.200. The minimum atomic E-state index is -0.662. The highest BCUT2D eigenvalue weighted by Crippen LogP contribution is 1.99. The van der Waals surface area contributed by atoms with Gasteiger partial charge in [-0.1, -0.05) is 26.2 Å². The average Bonchev–Trinajstić information content (AvgIpc) is 2.30. The minimum Gasteiger partial charge on any atom is -0.389 e. The van der Waals surface area contributed by atoms with Crippen LogP contribution >= 0.6 is 0 Å². The molecule has 5 nitrogen and oxygen atoms in total. The van der Waals surface area contributed by atoms with Gasteiger partial charge in [-0.2, -0.15) is 0 Å². The first kappa shape index (κ1) is 15.8. The molecule has 0 spiro atoms. The maximum absolute atomic E-state index is 9.50. The van der Waals surface area contributed by atoms with Crippen molar-refractivity contribution in [2.75, 3.05) is 33.2 Å². The van der Waals surface area contributed by atoms with Gasteiger partial charge in [0.15, 0.2) is 0 Å². The van der Waals surface area contributed by atoms with Crippen LogP contribution in [0.4, 0.5) is 0 Å². The van der Waals surface area contributed by atoms with Gasteiger partial charge < -0.3 is 20.1 Å². The van der Waals surface area contributed by atoms with Gasteiger partial charge in [0.05, 0.1) is 26.2 Å². The van der Waals surface area contributed by atoms with E-state index < -0.39 is 6.10 Å². The van der Waals surface area contributed by atoms with Crippen molar-refractivity contribution in [1.82, 2.24) is 4.90 Å². The Labute approximate surface area is 97.6 Å². The molecule has 16 heavy (non-hydrogen) atoms. The van der Waals surface area contributed by atoms with E-state index >= 15 is 0 Å². The maximum atomic E-state index is 9.50. The van der Waals surface area contributed by atoms with E-state index in [9.17, 15) is 5.11 Å². The van der Waals surface area contributed by atoms with Gasteiger partial charge in [-0.25, -0.2) is 0 Å². The van der Waals surface area contributed by atoms with Gasteiger partial charge in [-0.15, -0.1) is 0 Å². The van der Waals surface area contributed by atoms with Gasteiger partial charge in [0.1, 0.15) is 0 Å². The Morgan fingerprint density at radius 3 is 2.38 bits per heavy atom. The fraction of sp³-hybridized carbons (Fsp3) is 1.00. The van der Waals surface area contributed by atoms with E-state index in [1.807, 2.05) is 0 Å². The normalized spacial score (nSPS) is 13.3. The second-order valence-electron chi connectivity index (χ2n) is 3.93. The molecule has 0 radical (unpaired) electrons. The summed E-state index contributed by atoms with van der Waals surface area (Å²) in [5.74, 6) is 0. The number of aliphatic hydroxyl groups is 3. The smallest absolute Gasteiger partial charge is 0.0975 e. The predicted octanol–water partition coefficient (Wildman–Crippen LogP) is 0.146. The molecule has 0 rings (SSSR count). The molecular formula is C11H25NO4. The van der Waals surface area contributed by atoms with Crippen LogP contribution in [0, 0.1) is 0 Å². The maximum Gasteiger partial charge on any atom is 0.0975 e. The Morgan fingerprint density at radius 1 is 1.12 bits per heavy atom. The minimum absolute atomic E-state index is 0.224. The predicted molar refractivity (Wildman–Crippen MR) is 61.8 cm³/mol. The van der Waals surface area contributed by atoms with Crippen molar-refractivity contribution < 1.29 is 20.1 Å². The molecule has 98 valence electrons. The molecule has 0 aliphatic rings. The van der Waals surface area contributed by atoms with Crippen LogP contribution in [0.3, 0.4) is 0 Å². The number of rotatable bonds is 11. The summed E-state index contributed by atoms with van der Waals surface area (Å²) in [7, 11) is 0. The molecule has 0 aromatic heterocycles. The SMILES string of the molecule is CCCCCCOCC(O)CN(CO)CO. The van der Waals surface area contributed by atoms with Crippen LogP contribution in [0.5, 0.6) is 0 Å². The zero-order chi connectivity index (χ0) is 12.2. The summed E-state index contributed by atoms with van der Waals surface area (Å²) in [4.78, 5) is 1.32. The molecule has 0 saturated heterocycles. The number of aliphatic hydroxyl groups excluding tert-OH is 3. The molecule has 0 fully saturated rings. The topological polar surface area (TPSA) is 73.2 Å². The summed E-state index contributed by atoms with van der Waals surface area (Å²) < 4.78 is 5.29. The van der Waals surface area contributed by atoms with E-state index in [0.29, 0.717) is 6.61 Å². The van der Waals surface area contributed by atoms with E-state index in [-0.39, 0.29) is 26.6 Å². The first-order valence-corrected chi connectivity index (χ1v) is 5.94. The second-order valence-corrected chi connectivity index (χ2v) is 3.93. The van der Waals surface area contributed by atoms with Gasteiger partial charge in [0.2, 0.25) is 0 Å². The summed E-state index contributed by atoms with van der Waals surface area (Å²) in [5.41, 5.74) is 0. The van der Waals surface area contributed by atoms with Crippen molar-refractivity contribution in [3.05, 3.63) is 0 Å². The van der Waals surface area contributed by atoms with Gasteiger partial charge >= 0.3 is 0 Å². The molecular weight excluding hydrogens is 210 g/mol. The van der Waals surface area contributed by atoms with Crippen molar-refractivity contribution in [2.45, 2.75) is 38.7 Å². The van der Waals surface area contributed by atoms with Crippen LogP contribution in [0.25, 0.3) is 0 Å². The zero-order valence-electron chi connectivity index (χ0n) is 10.1. The molecule has 0 aliphatic carbocycles. The largest absolute Gasteiger partial charge is 0.389 e. The van der Waals surface area contributed by atoms with Crippen LogP contribution in [0.1, 0.15) is 32.6 Å². The van der Waals surface area contributed by atoms with Gasteiger partial charge in [0, 0.05) is 13.2 Å². The third kappa shape index (κ3) is 9.06. The van der Waals surface area contributed by atoms with E-state index in [2.05, 4.69) is 6.92 Å². The van der Waals surface area contributed by atoms with Crippen molar-refractivity contribution in [1.29, 1.82) is 0 Å². The van der Waals surface area contributed by atoms with Gasteiger partial charge in [-0.05, 0) is 6.42 Å². The third-order valence-electron chi connectivity index (χ3n) is 2.32. The highest BCUT2D eigenvalue weighted by atomic mass is 16.5. The number of unbranched alkanes of at least 4 members (excludes halogenated alkanes) is 3. The second kappa shape index (κ2) is 11.3. The van der Waals surface area contributed by atoms with Crippen molar-refractivity contribution >= 4 is 0 Å². The average molecular weight is 235 g/mol. The lowest BCUT2D eigenvalue weighted by molar-refractivity contribution is -0.0304. The molecule has 0 aliphatic heterocycles. The molecule has 1 atom stereocenters. The molecule has 0 bridgehead atoms. The molecule has 0 amide bonds. The van der Waals surface area contributed by atoms with Crippen LogP contribution in [0.15, 0.2) is 0 Å². The zero-order valence-corrected chi connectivity index (χ0v) is 10.1. The lowest BCUT2D eigenvalue weighted by Crippen LogP contribution is -2.36. The van der Waals surface area contributed by atoms with Crippen molar-refractivity contribution in [3.63, 3.8) is 0 Å². The number of nitrogens with zero attached hydrogens (tertiary/aromatic N) is 1. The van der Waals surface area contributed by atoms with E-state index in [4.69, 9.17) is 14.9 Å². The molecule has 0 aromatic rings. The summed E-state index contributed by atoms with van der Waals surface area (Å²) >= 11 is 0. The first-order valence-electron chi connectivity index (χ1n) is 5.94. The monoisotopic (exact) mass is 235 g/mol. The van der Waals surface area contributed by atoms with Crippen LogP contribution in [0.2, 0.25) is 0 Å². The first-order chi connectivity index (χ1) is 7.74. The van der Waals surface area contributed by atoms with Crippen molar-refractivity contribution in [3.8, 4) is 0 Å². The Balaban J connectivity index is 3.32. The summed E-state index contributed by atoms with van der Waals surface area (Å²) in [6, 6.07) is 0. The van der Waals surface area contributed by atoms with E-state index in [1.165, 1.54) is 17.7 Å². The lowest BCUT2D eigenvalue weighted by Gasteiger charge is -2.20.